The number of amides is 1. The first-order valence-electron chi connectivity index (χ1n) is 6.69. The molecule has 2 rings (SSSR count). The molecule has 1 N–H and O–H groups in total. The predicted octanol–water partition coefficient (Wildman–Crippen LogP) is 3.40. The number of anilines is 1. The van der Waals surface area contributed by atoms with Gasteiger partial charge in [0.25, 0.3) is 5.91 Å². The van der Waals surface area contributed by atoms with Crippen LogP contribution >= 0.6 is 0 Å². The first-order chi connectivity index (χ1) is 9.15. The van der Waals surface area contributed by atoms with Gasteiger partial charge >= 0.3 is 0 Å². The summed E-state index contributed by atoms with van der Waals surface area (Å²) in [5.74, 6) is -0.0452. The van der Waals surface area contributed by atoms with Gasteiger partial charge in [-0.3, -0.25) is 4.79 Å². The normalized spacial score (nSPS) is 10.5. The Bertz CT molecular complexity index is 562. The van der Waals surface area contributed by atoms with E-state index in [4.69, 9.17) is 0 Å². The van der Waals surface area contributed by atoms with Crippen LogP contribution in [-0.4, -0.2) is 10.5 Å². The molecule has 3 nitrogen and oxygen atoms in total. The average Bonchev–Trinajstić information content (AvgIpc) is 2.85. The van der Waals surface area contributed by atoms with E-state index in [-0.39, 0.29) is 5.91 Å². The minimum absolute atomic E-state index is 0.0452. The number of nitrogens with zero attached hydrogens (tertiary/aromatic N) is 1. The fraction of sp³-hybridized carbons (Fsp3) is 0.312. The molecular formula is C16H20N2O. The topological polar surface area (TPSA) is 34.0 Å². The van der Waals surface area contributed by atoms with E-state index < -0.39 is 0 Å². The molecule has 0 aliphatic heterocycles. The molecule has 0 saturated carbocycles. The molecule has 0 radical (unpaired) electrons. The number of carbonyl (C=O) groups is 1. The molecule has 0 fully saturated rings. The summed E-state index contributed by atoms with van der Waals surface area (Å²) in [4.78, 5) is 12.2. The summed E-state index contributed by atoms with van der Waals surface area (Å²) in [7, 11) is 1.91. The summed E-state index contributed by atoms with van der Waals surface area (Å²) in [5, 5.41) is 3.06. The average molecular weight is 256 g/mol. The Morgan fingerprint density at radius 2 is 1.79 bits per heavy atom. The van der Waals surface area contributed by atoms with Gasteiger partial charge < -0.3 is 9.88 Å². The third-order valence-electron chi connectivity index (χ3n) is 3.33. The molecule has 0 atom stereocenters. The van der Waals surface area contributed by atoms with Crippen LogP contribution < -0.4 is 5.32 Å². The molecule has 1 amide bonds. The SMILES string of the molecule is CCc1cccc(CC)c1NC(=O)c1ccn(C)c1. The van der Waals surface area contributed by atoms with E-state index in [0.29, 0.717) is 5.56 Å². The molecule has 1 aromatic heterocycles. The van der Waals surface area contributed by atoms with Crippen molar-refractivity contribution in [2.24, 2.45) is 7.05 Å². The Balaban J connectivity index is 2.30. The van der Waals surface area contributed by atoms with Crippen LogP contribution in [-0.2, 0) is 19.9 Å². The van der Waals surface area contributed by atoms with Crippen molar-refractivity contribution in [2.75, 3.05) is 5.32 Å². The van der Waals surface area contributed by atoms with Gasteiger partial charge in [0, 0.05) is 25.1 Å². The van der Waals surface area contributed by atoms with E-state index in [1.54, 1.807) is 0 Å². The number of aromatic nitrogens is 1. The highest BCUT2D eigenvalue weighted by Gasteiger charge is 2.12. The third-order valence-corrected chi connectivity index (χ3v) is 3.33. The smallest absolute Gasteiger partial charge is 0.257 e. The first-order valence-corrected chi connectivity index (χ1v) is 6.69. The van der Waals surface area contributed by atoms with E-state index in [0.717, 1.165) is 18.5 Å². The highest BCUT2D eigenvalue weighted by atomic mass is 16.1. The highest BCUT2D eigenvalue weighted by Crippen LogP contribution is 2.23. The largest absolute Gasteiger partial charge is 0.356 e. The molecule has 0 unspecified atom stereocenters. The zero-order valence-corrected chi connectivity index (χ0v) is 11.7. The Morgan fingerprint density at radius 1 is 1.16 bits per heavy atom. The number of hydrogen-bond acceptors (Lipinski definition) is 1. The van der Waals surface area contributed by atoms with Crippen molar-refractivity contribution in [1.29, 1.82) is 0 Å². The van der Waals surface area contributed by atoms with E-state index in [2.05, 4.69) is 37.4 Å². The molecule has 0 aliphatic rings. The molecule has 1 heterocycles. The van der Waals surface area contributed by atoms with Crippen molar-refractivity contribution >= 4 is 11.6 Å². The van der Waals surface area contributed by atoms with Gasteiger partial charge in [0.05, 0.1) is 5.56 Å². The van der Waals surface area contributed by atoms with E-state index in [9.17, 15) is 4.79 Å². The van der Waals surface area contributed by atoms with Crippen molar-refractivity contribution in [3.63, 3.8) is 0 Å². The van der Waals surface area contributed by atoms with Crippen LogP contribution in [0.2, 0.25) is 0 Å². The third kappa shape index (κ3) is 2.87. The van der Waals surface area contributed by atoms with Crippen LogP contribution in [0.4, 0.5) is 5.69 Å². The lowest BCUT2D eigenvalue weighted by atomic mass is 10.0. The number of para-hydroxylation sites is 1. The van der Waals surface area contributed by atoms with Crippen molar-refractivity contribution < 1.29 is 4.79 Å². The van der Waals surface area contributed by atoms with Crippen LogP contribution in [0.3, 0.4) is 0 Å². The lowest BCUT2D eigenvalue weighted by Gasteiger charge is -2.13. The molecular weight excluding hydrogens is 236 g/mol. The van der Waals surface area contributed by atoms with Crippen LogP contribution in [0, 0.1) is 0 Å². The van der Waals surface area contributed by atoms with Crippen LogP contribution in [0.25, 0.3) is 0 Å². The van der Waals surface area contributed by atoms with Gasteiger partial charge in [0.1, 0.15) is 0 Å². The monoisotopic (exact) mass is 256 g/mol. The second-order valence-corrected chi connectivity index (χ2v) is 4.68. The van der Waals surface area contributed by atoms with Gasteiger partial charge in [0.15, 0.2) is 0 Å². The standard InChI is InChI=1S/C16H20N2O/c1-4-12-7-6-8-13(5-2)15(12)17-16(19)14-9-10-18(3)11-14/h6-11H,4-5H2,1-3H3,(H,17,19). The zero-order valence-electron chi connectivity index (χ0n) is 11.7. The zero-order chi connectivity index (χ0) is 13.8. The summed E-state index contributed by atoms with van der Waals surface area (Å²) >= 11 is 0. The Kier molecular flexibility index (Phi) is 4.05. The highest BCUT2D eigenvalue weighted by molar-refractivity contribution is 6.05. The number of hydrogen-bond donors (Lipinski definition) is 1. The number of benzene rings is 1. The summed E-state index contributed by atoms with van der Waals surface area (Å²) in [6, 6.07) is 8.02. The summed E-state index contributed by atoms with van der Waals surface area (Å²) in [5.41, 5.74) is 4.03. The van der Waals surface area contributed by atoms with E-state index >= 15 is 0 Å². The minimum Gasteiger partial charge on any atom is -0.356 e. The lowest BCUT2D eigenvalue weighted by Crippen LogP contribution is -2.14. The fourth-order valence-electron chi connectivity index (χ4n) is 2.23. The van der Waals surface area contributed by atoms with Crippen molar-refractivity contribution in [3.8, 4) is 0 Å². The van der Waals surface area contributed by atoms with E-state index in [1.807, 2.05) is 30.1 Å². The van der Waals surface area contributed by atoms with Gasteiger partial charge in [0.2, 0.25) is 0 Å². The Morgan fingerprint density at radius 3 is 2.26 bits per heavy atom. The van der Waals surface area contributed by atoms with Crippen molar-refractivity contribution in [1.82, 2.24) is 4.57 Å². The van der Waals surface area contributed by atoms with Crippen LogP contribution in [0.15, 0.2) is 36.7 Å². The number of nitrogens with one attached hydrogen (secondary N) is 1. The van der Waals surface area contributed by atoms with Crippen molar-refractivity contribution in [3.05, 3.63) is 53.3 Å². The van der Waals surface area contributed by atoms with Crippen LogP contribution in [0.5, 0.6) is 0 Å². The molecule has 0 saturated heterocycles. The number of aryl methyl sites for hydroxylation is 3. The second kappa shape index (κ2) is 5.74. The quantitative estimate of drug-likeness (QED) is 0.893. The van der Waals surface area contributed by atoms with Crippen molar-refractivity contribution in [2.45, 2.75) is 26.7 Å². The molecule has 2 aromatic rings. The van der Waals surface area contributed by atoms with Gasteiger partial charge in [-0.2, -0.15) is 0 Å². The molecule has 0 spiro atoms. The molecule has 3 heteroatoms. The maximum absolute atomic E-state index is 12.2. The molecule has 19 heavy (non-hydrogen) atoms. The summed E-state index contributed by atoms with van der Waals surface area (Å²) < 4.78 is 1.88. The second-order valence-electron chi connectivity index (χ2n) is 4.68. The predicted molar refractivity (Wildman–Crippen MR) is 78.6 cm³/mol. The maximum atomic E-state index is 12.2. The summed E-state index contributed by atoms with van der Waals surface area (Å²) in [6.07, 6.45) is 5.54. The number of rotatable bonds is 4. The number of carbonyl (C=O) groups excluding carboxylic acids is 1. The fourth-order valence-corrected chi connectivity index (χ4v) is 2.23. The summed E-state index contributed by atoms with van der Waals surface area (Å²) in [6.45, 7) is 4.21. The van der Waals surface area contributed by atoms with Gasteiger partial charge in [-0.25, -0.2) is 0 Å². The minimum atomic E-state index is -0.0452. The van der Waals surface area contributed by atoms with E-state index in [1.165, 1.54) is 11.1 Å². The molecule has 0 aliphatic carbocycles. The maximum Gasteiger partial charge on any atom is 0.257 e. The molecule has 1 aromatic carbocycles. The Hall–Kier alpha value is -2.03. The molecule has 100 valence electrons. The first kappa shape index (κ1) is 13.4. The molecule has 0 bridgehead atoms. The van der Waals surface area contributed by atoms with Gasteiger partial charge in [-0.15, -0.1) is 0 Å². The van der Waals surface area contributed by atoms with Gasteiger partial charge in [-0.05, 0) is 30.0 Å². The Labute approximate surface area is 114 Å². The van der Waals surface area contributed by atoms with Gasteiger partial charge in [-0.1, -0.05) is 32.0 Å². The lowest BCUT2D eigenvalue weighted by molar-refractivity contribution is 0.102. The van der Waals surface area contributed by atoms with Crippen LogP contribution in [0.1, 0.15) is 35.3 Å².